The second kappa shape index (κ2) is 6.74. The van der Waals surface area contributed by atoms with Gasteiger partial charge < -0.3 is 5.73 Å². The minimum Gasteiger partial charge on any atom is -0.326 e. The zero-order chi connectivity index (χ0) is 13.8. The third-order valence-electron chi connectivity index (χ3n) is 4.33. The second-order valence-electron chi connectivity index (χ2n) is 5.80. The van der Waals surface area contributed by atoms with E-state index in [0.29, 0.717) is 6.04 Å². The molecule has 0 radical (unpaired) electrons. The Bertz CT molecular complexity index is 386. The molecule has 1 aromatic carbocycles. The van der Waals surface area contributed by atoms with E-state index in [4.69, 9.17) is 17.3 Å². The number of halogens is 1. The van der Waals surface area contributed by atoms with Crippen LogP contribution in [0.15, 0.2) is 24.3 Å². The summed E-state index contributed by atoms with van der Waals surface area (Å²) in [4.78, 5) is 2.43. The van der Waals surface area contributed by atoms with Crippen LogP contribution in [0.1, 0.15) is 44.2 Å². The molecule has 106 valence electrons. The van der Waals surface area contributed by atoms with Crippen molar-refractivity contribution in [3.05, 3.63) is 34.9 Å². The minimum absolute atomic E-state index is 0.172. The van der Waals surface area contributed by atoms with Crippen LogP contribution >= 0.6 is 11.6 Å². The predicted octanol–water partition coefficient (Wildman–Crippen LogP) is 3.85. The number of benzene rings is 1. The molecule has 0 amide bonds. The van der Waals surface area contributed by atoms with E-state index >= 15 is 0 Å². The summed E-state index contributed by atoms with van der Waals surface area (Å²) in [5.41, 5.74) is 7.63. The summed E-state index contributed by atoms with van der Waals surface area (Å²) in [6.45, 7) is 3.31. The van der Waals surface area contributed by atoms with Gasteiger partial charge in [0.25, 0.3) is 0 Å². The third-order valence-corrected chi connectivity index (χ3v) is 4.59. The first-order valence-corrected chi connectivity index (χ1v) is 7.71. The van der Waals surface area contributed by atoms with Crippen LogP contribution in [0.2, 0.25) is 5.02 Å². The molecule has 0 aliphatic heterocycles. The summed E-state index contributed by atoms with van der Waals surface area (Å²) in [7, 11) is 2.20. The fourth-order valence-corrected chi connectivity index (χ4v) is 3.03. The lowest BCUT2D eigenvalue weighted by Crippen LogP contribution is -2.41. The Labute approximate surface area is 121 Å². The van der Waals surface area contributed by atoms with Crippen molar-refractivity contribution in [2.75, 3.05) is 13.6 Å². The van der Waals surface area contributed by atoms with E-state index in [1.165, 1.54) is 24.8 Å². The summed E-state index contributed by atoms with van der Waals surface area (Å²) >= 11 is 5.98. The Morgan fingerprint density at radius 1 is 1.32 bits per heavy atom. The summed E-state index contributed by atoms with van der Waals surface area (Å²) < 4.78 is 0. The van der Waals surface area contributed by atoms with Gasteiger partial charge in [0.05, 0.1) is 0 Å². The summed E-state index contributed by atoms with van der Waals surface area (Å²) in [5.74, 6) is 0.865. The molecule has 0 spiro atoms. The first-order valence-electron chi connectivity index (χ1n) is 7.33. The van der Waals surface area contributed by atoms with E-state index in [0.717, 1.165) is 23.9 Å². The number of likely N-dealkylation sites (N-methyl/N-ethyl adjacent to an activating group) is 1. The molecule has 0 heterocycles. The van der Waals surface area contributed by atoms with Crippen LogP contribution in [-0.2, 0) is 0 Å². The summed E-state index contributed by atoms with van der Waals surface area (Å²) in [6, 6.07) is 8.61. The van der Waals surface area contributed by atoms with Crippen LogP contribution in [0.3, 0.4) is 0 Å². The first kappa shape index (κ1) is 14.8. The van der Waals surface area contributed by atoms with Gasteiger partial charge in [-0.05, 0) is 49.9 Å². The van der Waals surface area contributed by atoms with Crippen LogP contribution in [0, 0.1) is 5.92 Å². The highest BCUT2D eigenvalue weighted by atomic mass is 35.5. The zero-order valence-electron chi connectivity index (χ0n) is 12.0. The van der Waals surface area contributed by atoms with Gasteiger partial charge in [-0.15, -0.1) is 0 Å². The lowest BCUT2D eigenvalue weighted by atomic mass is 9.84. The first-order chi connectivity index (χ1) is 9.11. The largest absolute Gasteiger partial charge is 0.326 e. The highest BCUT2D eigenvalue weighted by molar-refractivity contribution is 6.30. The van der Waals surface area contributed by atoms with Crippen LogP contribution < -0.4 is 5.73 Å². The molecule has 2 N–H and O–H groups in total. The fourth-order valence-electron chi connectivity index (χ4n) is 2.91. The SMILES string of the molecule is CCC(N)C(c1ccc(Cl)cc1)N(C)CC1CCC1. The van der Waals surface area contributed by atoms with Crippen LogP contribution in [0.5, 0.6) is 0 Å². The van der Waals surface area contributed by atoms with Gasteiger partial charge in [-0.25, -0.2) is 0 Å². The van der Waals surface area contributed by atoms with Crippen LogP contribution in [-0.4, -0.2) is 24.5 Å². The van der Waals surface area contributed by atoms with Gasteiger partial charge in [-0.1, -0.05) is 37.1 Å². The van der Waals surface area contributed by atoms with Crippen LogP contribution in [0.4, 0.5) is 0 Å². The average molecular weight is 281 g/mol. The van der Waals surface area contributed by atoms with Gasteiger partial charge in [0.2, 0.25) is 0 Å². The highest BCUT2D eigenvalue weighted by Gasteiger charge is 2.27. The molecule has 2 rings (SSSR count). The van der Waals surface area contributed by atoms with Crippen molar-refractivity contribution < 1.29 is 0 Å². The molecule has 0 saturated heterocycles. The Kier molecular flexibility index (Phi) is 5.26. The molecule has 3 heteroatoms. The molecule has 1 aromatic rings. The summed E-state index contributed by atoms with van der Waals surface area (Å²) in [5, 5.41) is 0.786. The molecule has 1 saturated carbocycles. The Morgan fingerprint density at radius 3 is 2.42 bits per heavy atom. The topological polar surface area (TPSA) is 29.3 Å². The van der Waals surface area contributed by atoms with Crippen molar-refractivity contribution in [1.29, 1.82) is 0 Å². The van der Waals surface area contributed by atoms with Crippen molar-refractivity contribution in [1.82, 2.24) is 4.90 Å². The molecule has 2 atom stereocenters. The molecule has 0 aromatic heterocycles. The van der Waals surface area contributed by atoms with E-state index in [1.54, 1.807) is 0 Å². The van der Waals surface area contributed by atoms with E-state index in [9.17, 15) is 0 Å². The molecule has 0 bridgehead atoms. The smallest absolute Gasteiger partial charge is 0.0496 e. The number of hydrogen-bond acceptors (Lipinski definition) is 2. The van der Waals surface area contributed by atoms with E-state index in [-0.39, 0.29) is 6.04 Å². The maximum atomic E-state index is 6.35. The molecular weight excluding hydrogens is 256 g/mol. The van der Waals surface area contributed by atoms with E-state index in [1.807, 2.05) is 12.1 Å². The van der Waals surface area contributed by atoms with E-state index < -0.39 is 0 Å². The quantitative estimate of drug-likeness (QED) is 0.858. The van der Waals surface area contributed by atoms with E-state index in [2.05, 4.69) is 31.0 Å². The van der Waals surface area contributed by atoms with Crippen molar-refractivity contribution in [3.8, 4) is 0 Å². The molecule has 1 aliphatic rings. The molecule has 2 unspecified atom stereocenters. The van der Waals surface area contributed by atoms with Gasteiger partial charge in [-0.2, -0.15) is 0 Å². The Morgan fingerprint density at radius 2 is 1.95 bits per heavy atom. The Balaban J connectivity index is 2.11. The Hall–Kier alpha value is -0.570. The van der Waals surface area contributed by atoms with Crippen molar-refractivity contribution >= 4 is 11.6 Å². The third kappa shape index (κ3) is 3.71. The van der Waals surface area contributed by atoms with Gasteiger partial charge in [0.1, 0.15) is 0 Å². The maximum absolute atomic E-state index is 6.35. The van der Waals surface area contributed by atoms with Gasteiger partial charge in [0.15, 0.2) is 0 Å². The number of nitrogens with two attached hydrogens (primary N) is 1. The summed E-state index contributed by atoms with van der Waals surface area (Å²) in [6.07, 6.45) is 5.13. The molecular formula is C16H25ClN2. The van der Waals surface area contributed by atoms with Crippen molar-refractivity contribution in [3.63, 3.8) is 0 Å². The second-order valence-corrected chi connectivity index (χ2v) is 6.24. The lowest BCUT2D eigenvalue weighted by Gasteiger charge is -2.37. The lowest BCUT2D eigenvalue weighted by molar-refractivity contribution is 0.144. The maximum Gasteiger partial charge on any atom is 0.0496 e. The molecule has 2 nitrogen and oxygen atoms in total. The fraction of sp³-hybridized carbons (Fsp3) is 0.625. The minimum atomic E-state index is 0.172. The number of nitrogens with zero attached hydrogens (tertiary/aromatic N) is 1. The van der Waals surface area contributed by atoms with Crippen LogP contribution in [0.25, 0.3) is 0 Å². The van der Waals surface area contributed by atoms with Gasteiger partial charge in [0, 0.05) is 23.7 Å². The predicted molar refractivity (Wildman–Crippen MR) is 82.4 cm³/mol. The van der Waals surface area contributed by atoms with Gasteiger partial charge in [-0.3, -0.25) is 4.90 Å². The zero-order valence-corrected chi connectivity index (χ0v) is 12.7. The van der Waals surface area contributed by atoms with Gasteiger partial charge >= 0.3 is 0 Å². The average Bonchev–Trinajstić information content (AvgIpc) is 2.36. The highest BCUT2D eigenvalue weighted by Crippen LogP contribution is 2.31. The van der Waals surface area contributed by atoms with Crippen molar-refractivity contribution in [2.24, 2.45) is 11.7 Å². The standard InChI is InChI=1S/C16H25ClN2/c1-3-15(18)16(13-7-9-14(17)10-8-13)19(2)11-12-5-4-6-12/h7-10,12,15-16H,3-6,11,18H2,1-2H3. The number of rotatable bonds is 6. The molecule has 1 aliphatic carbocycles. The number of hydrogen-bond donors (Lipinski definition) is 1. The normalized spacial score (nSPS) is 19.2. The molecule has 1 fully saturated rings. The molecule has 19 heavy (non-hydrogen) atoms. The monoisotopic (exact) mass is 280 g/mol. The van der Waals surface area contributed by atoms with Crippen molar-refractivity contribution in [2.45, 2.75) is 44.7 Å².